The summed E-state index contributed by atoms with van der Waals surface area (Å²) in [6, 6.07) is 9.69. The molecular weight excluding hydrogens is 244 g/mol. The number of carbonyl (C=O) groups excluding carboxylic acids is 1. The molecule has 0 spiro atoms. The average molecular weight is 264 g/mol. The van der Waals surface area contributed by atoms with Crippen LogP contribution >= 0.6 is 0 Å². The van der Waals surface area contributed by atoms with Crippen LogP contribution in [0.2, 0.25) is 0 Å². The van der Waals surface area contributed by atoms with Gasteiger partial charge in [0.2, 0.25) is 5.91 Å². The average Bonchev–Trinajstić information content (AvgIpc) is 2.69. The van der Waals surface area contributed by atoms with Crippen molar-refractivity contribution in [2.24, 2.45) is 0 Å². The summed E-state index contributed by atoms with van der Waals surface area (Å²) in [4.78, 5) is 13.6. The molecule has 0 aliphatic carbocycles. The number of hydrogen-bond acceptors (Lipinski definition) is 4. The van der Waals surface area contributed by atoms with E-state index in [-0.39, 0.29) is 18.5 Å². The summed E-state index contributed by atoms with van der Waals surface area (Å²) in [7, 11) is 0. The molecule has 1 heterocycles. The molecule has 1 fully saturated rings. The van der Waals surface area contributed by atoms with E-state index in [0.29, 0.717) is 13.1 Å². The lowest BCUT2D eigenvalue weighted by atomic mass is 10.1. The lowest BCUT2D eigenvalue weighted by Crippen LogP contribution is -2.37. The first kappa shape index (κ1) is 14.0. The van der Waals surface area contributed by atoms with Crippen LogP contribution in [0.15, 0.2) is 30.3 Å². The van der Waals surface area contributed by atoms with Gasteiger partial charge in [0.25, 0.3) is 0 Å². The quantitative estimate of drug-likeness (QED) is 0.710. The van der Waals surface area contributed by atoms with Crippen molar-refractivity contribution in [3.8, 4) is 0 Å². The first-order chi connectivity index (χ1) is 9.06. The zero-order valence-corrected chi connectivity index (χ0v) is 11.0. The topological polar surface area (TPSA) is 72.8 Å². The number of amides is 1. The molecule has 3 N–H and O–H groups in total. The second-order valence-corrected chi connectivity index (χ2v) is 5.03. The van der Waals surface area contributed by atoms with Gasteiger partial charge in [-0.1, -0.05) is 30.3 Å². The Morgan fingerprint density at radius 2 is 1.89 bits per heavy atom. The lowest BCUT2D eigenvalue weighted by molar-refractivity contribution is -0.122. The molecule has 104 valence electrons. The van der Waals surface area contributed by atoms with Crippen LogP contribution in [0, 0.1) is 0 Å². The highest BCUT2D eigenvalue weighted by molar-refractivity contribution is 5.78. The molecule has 0 aromatic heterocycles. The van der Waals surface area contributed by atoms with Gasteiger partial charge >= 0.3 is 0 Å². The van der Waals surface area contributed by atoms with E-state index >= 15 is 0 Å². The van der Waals surface area contributed by atoms with E-state index in [2.05, 4.69) is 5.32 Å². The maximum Gasteiger partial charge on any atom is 0.234 e. The number of nitrogens with one attached hydrogen (secondary N) is 1. The van der Waals surface area contributed by atoms with Gasteiger partial charge in [-0.15, -0.1) is 0 Å². The van der Waals surface area contributed by atoms with Gasteiger partial charge in [-0.3, -0.25) is 9.69 Å². The van der Waals surface area contributed by atoms with E-state index < -0.39 is 12.2 Å². The van der Waals surface area contributed by atoms with Gasteiger partial charge in [0.1, 0.15) is 0 Å². The minimum Gasteiger partial charge on any atom is -0.389 e. The molecule has 5 nitrogen and oxygen atoms in total. The van der Waals surface area contributed by atoms with Crippen molar-refractivity contribution in [3.05, 3.63) is 35.9 Å². The van der Waals surface area contributed by atoms with Crippen LogP contribution in [0.3, 0.4) is 0 Å². The summed E-state index contributed by atoms with van der Waals surface area (Å²) < 4.78 is 0. The smallest absolute Gasteiger partial charge is 0.234 e. The molecule has 1 aliphatic heterocycles. The van der Waals surface area contributed by atoms with Crippen molar-refractivity contribution in [3.63, 3.8) is 0 Å². The van der Waals surface area contributed by atoms with E-state index in [0.717, 1.165) is 5.56 Å². The number of rotatable bonds is 4. The SMILES string of the molecule is CC(NC(=O)CN1C[C@@H](O)[C@@H](O)C1)c1ccccc1. The first-order valence-corrected chi connectivity index (χ1v) is 6.49. The molecule has 5 heteroatoms. The second kappa shape index (κ2) is 6.14. The van der Waals surface area contributed by atoms with Crippen LogP contribution < -0.4 is 5.32 Å². The number of likely N-dealkylation sites (tertiary alicyclic amines) is 1. The van der Waals surface area contributed by atoms with Crippen molar-refractivity contribution >= 4 is 5.91 Å². The molecule has 0 saturated carbocycles. The van der Waals surface area contributed by atoms with Crippen molar-refractivity contribution in [2.75, 3.05) is 19.6 Å². The number of benzene rings is 1. The van der Waals surface area contributed by atoms with Crippen LogP contribution in [0.1, 0.15) is 18.5 Å². The first-order valence-electron chi connectivity index (χ1n) is 6.49. The monoisotopic (exact) mass is 264 g/mol. The molecule has 1 unspecified atom stereocenters. The largest absolute Gasteiger partial charge is 0.389 e. The van der Waals surface area contributed by atoms with Gasteiger partial charge in [0.05, 0.1) is 24.8 Å². The van der Waals surface area contributed by atoms with Crippen LogP contribution in [0.25, 0.3) is 0 Å². The predicted molar refractivity (Wildman–Crippen MR) is 71.5 cm³/mol. The number of aliphatic hydroxyl groups is 2. The number of hydrogen-bond donors (Lipinski definition) is 3. The fourth-order valence-corrected chi connectivity index (χ4v) is 2.29. The van der Waals surface area contributed by atoms with Gasteiger partial charge in [0, 0.05) is 13.1 Å². The molecule has 2 rings (SSSR count). The zero-order valence-electron chi connectivity index (χ0n) is 11.0. The Morgan fingerprint density at radius 3 is 2.47 bits per heavy atom. The van der Waals surface area contributed by atoms with Crippen molar-refractivity contribution in [1.29, 1.82) is 0 Å². The third kappa shape index (κ3) is 3.76. The standard InChI is InChI=1S/C14H20N2O3/c1-10(11-5-3-2-4-6-11)15-14(19)9-16-7-12(17)13(18)8-16/h2-6,10,12-13,17-18H,7-9H2,1H3,(H,15,19)/t10?,12-,13+. The fraction of sp³-hybridized carbons (Fsp3) is 0.500. The maximum atomic E-state index is 11.9. The Morgan fingerprint density at radius 1 is 1.32 bits per heavy atom. The molecule has 3 atom stereocenters. The highest BCUT2D eigenvalue weighted by Crippen LogP contribution is 2.12. The maximum absolute atomic E-state index is 11.9. The fourth-order valence-electron chi connectivity index (χ4n) is 2.29. The van der Waals surface area contributed by atoms with Gasteiger partial charge in [-0.2, -0.15) is 0 Å². The van der Waals surface area contributed by atoms with Gasteiger partial charge < -0.3 is 15.5 Å². The van der Waals surface area contributed by atoms with Gasteiger partial charge in [-0.05, 0) is 12.5 Å². The normalized spacial score (nSPS) is 25.2. The minimum atomic E-state index is -0.751. The molecule has 1 aliphatic rings. The van der Waals surface area contributed by atoms with E-state index in [1.807, 2.05) is 37.3 Å². The Kier molecular flexibility index (Phi) is 4.52. The molecular formula is C14H20N2O3. The number of carbonyl (C=O) groups is 1. The van der Waals surface area contributed by atoms with Crippen LogP contribution in [-0.2, 0) is 4.79 Å². The van der Waals surface area contributed by atoms with Gasteiger partial charge in [0.15, 0.2) is 0 Å². The summed E-state index contributed by atoms with van der Waals surface area (Å²) in [5, 5.41) is 21.7. The molecule has 0 bridgehead atoms. The van der Waals surface area contributed by atoms with Gasteiger partial charge in [-0.25, -0.2) is 0 Å². The van der Waals surface area contributed by atoms with Crippen LogP contribution in [-0.4, -0.2) is 52.9 Å². The third-order valence-electron chi connectivity index (χ3n) is 3.38. The highest BCUT2D eigenvalue weighted by Gasteiger charge is 2.30. The van der Waals surface area contributed by atoms with Crippen molar-refractivity contribution in [2.45, 2.75) is 25.2 Å². The van der Waals surface area contributed by atoms with E-state index in [1.54, 1.807) is 4.90 Å². The van der Waals surface area contributed by atoms with E-state index in [4.69, 9.17) is 0 Å². The number of β-amino-alcohol motifs (C(OH)–C–C–N with tert-alkyl or cyclic N) is 2. The van der Waals surface area contributed by atoms with Crippen LogP contribution in [0.4, 0.5) is 0 Å². The second-order valence-electron chi connectivity index (χ2n) is 5.03. The Labute approximate surface area is 112 Å². The summed E-state index contributed by atoms with van der Waals surface area (Å²) >= 11 is 0. The predicted octanol–water partition coefficient (Wildman–Crippen LogP) is -0.0988. The van der Waals surface area contributed by atoms with E-state index in [1.165, 1.54) is 0 Å². The third-order valence-corrected chi connectivity index (χ3v) is 3.38. The Bertz CT molecular complexity index is 414. The summed E-state index contributed by atoms with van der Waals surface area (Å²) in [6.07, 6.45) is -1.50. The van der Waals surface area contributed by atoms with Crippen LogP contribution in [0.5, 0.6) is 0 Å². The molecule has 1 aromatic rings. The zero-order chi connectivity index (χ0) is 13.8. The van der Waals surface area contributed by atoms with Crippen molar-refractivity contribution < 1.29 is 15.0 Å². The highest BCUT2D eigenvalue weighted by atomic mass is 16.3. The van der Waals surface area contributed by atoms with Crippen molar-refractivity contribution in [1.82, 2.24) is 10.2 Å². The molecule has 1 amide bonds. The number of aliphatic hydroxyl groups excluding tert-OH is 2. The molecule has 1 aromatic carbocycles. The molecule has 19 heavy (non-hydrogen) atoms. The Balaban J connectivity index is 1.82. The minimum absolute atomic E-state index is 0.0499. The number of nitrogens with zero attached hydrogens (tertiary/aromatic N) is 1. The molecule has 0 radical (unpaired) electrons. The van der Waals surface area contributed by atoms with E-state index in [9.17, 15) is 15.0 Å². The summed E-state index contributed by atoms with van der Waals surface area (Å²) in [5.74, 6) is -0.0994. The Hall–Kier alpha value is -1.43. The lowest BCUT2D eigenvalue weighted by Gasteiger charge is -2.18. The summed E-state index contributed by atoms with van der Waals surface area (Å²) in [5.41, 5.74) is 1.05. The summed E-state index contributed by atoms with van der Waals surface area (Å²) in [6.45, 7) is 2.81. The molecule has 1 saturated heterocycles.